The predicted octanol–water partition coefficient (Wildman–Crippen LogP) is 2.48. The number of fused-ring (bicyclic) bond motifs is 1. The third-order valence-corrected chi connectivity index (χ3v) is 4.68. The fourth-order valence-electron chi connectivity index (χ4n) is 3.15. The Hall–Kier alpha value is -3.48. The number of hydrogen-bond donors (Lipinski definition) is 1. The first-order chi connectivity index (χ1) is 14.0. The molecule has 7 heteroatoms. The van der Waals surface area contributed by atoms with Crippen LogP contribution < -0.4 is 5.32 Å². The number of carbonyl (C=O) groups is 4. The Bertz CT molecular complexity index is 891. The molecule has 7 nitrogen and oxygen atoms in total. The summed E-state index contributed by atoms with van der Waals surface area (Å²) < 4.78 is 4.98. The summed E-state index contributed by atoms with van der Waals surface area (Å²) in [6.45, 7) is 1.60. The van der Waals surface area contributed by atoms with Gasteiger partial charge in [-0.3, -0.25) is 24.1 Å². The molecule has 2 aromatic rings. The lowest BCUT2D eigenvalue weighted by Crippen LogP contribution is -2.32. The number of benzene rings is 2. The van der Waals surface area contributed by atoms with Crippen LogP contribution >= 0.6 is 0 Å². The molecule has 1 atom stereocenters. The highest BCUT2D eigenvalue weighted by molar-refractivity contribution is 6.21. The van der Waals surface area contributed by atoms with Crippen LogP contribution in [-0.2, 0) is 14.3 Å². The van der Waals surface area contributed by atoms with Crippen molar-refractivity contribution >= 4 is 23.7 Å². The summed E-state index contributed by atoms with van der Waals surface area (Å²) in [4.78, 5) is 49.4. The van der Waals surface area contributed by atoms with Crippen molar-refractivity contribution in [1.29, 1.82) is 0 Å². The average molecular weight is 394 g/mol. The summed E-state index contributed by atoms with van der Waals surface area (Å²) in [5.74, 6) is -1.65. The first-order valence-corrected chi connectivity index (χ1v) is 9.42. The summed E-state index contributed by atoms with van der Waals surface area (Å²) in [7, 11) is 0. The Morgan fingerprint density at radius 3 is 2.17 bits per heavy atom. The number of rotatable bonds is 8. The van der Waals surface area contributed by atoms with Crippen LogP contribution in [0.15, 0.2) is 54.6 Å². The molecule has 150 valence electrons. The summed E-state index contributed by atoms with van der Waals surface area (Å²) in [5, 5.41) is 2.76. The number of carbonyl (C=O) groups excluding carboxylic acids is 4. The molecule has 0 aliphatic carbocycles. The van der Waals surface area contributed by atoms with Gasteiger partial charge >= 0.3 is 5.97 Å². The maximum atomic E-state index is 12.3. The Labute approximate surface area is 168 Å². The number of hydrogen-bond acceptors (Lipinski definition) is 5. The molecule has 29 heavy (non-hydrogen) atoms. The van der Waals surface area contributed by atoms with Crippen LogP contribution in [-0.4, -0.2) is 41.7 Å². The lowest BCUT2D eigenvalue weighted by atomic mass is 10.1. The molecule has 3 amide bonds. The molecular weight excluding hydrogens is 372 g/mol. The average Bonchev–Trinajstić information content (AvgIpc) is 2.98. The minimum atomic E-state index is -0.552. The van der Waals surface area contributed by atoms with Gasteiger partial charge in [-0.1, -0.05) is 42.5 Å². The van der Waals surface area contributed by atoms with Crippen LogP contribution in [0, 0.1) is 0 Å². The van der Waals surface area contributed by atoms with Gasteiger partial charge in [0.1, 0.15) is 0 Å². The molecule has 0 unspecified atom stereocenters. The van der Waals surface area contributed by atoms with Crippen LogP contribution in [0.3, 0.4) is 0 Å². The largest absolute Gasteiger partial charge is 0.456 e. The highest BCUT2D eigenvalue weighted by Crippen LogP contribution is 2.22. The van der Waals surface area contributed by atoms with Crippen molar-refractivity contribution in [2.24, 2.45) is 0 Å². The summed E-state index contributed by atoms with van der Waals surface area (Å²) in [5.41, 5.74) is 1.71. The number of nitrogens with zero attached hydrogens (tertiary/aromatic N) is 1. The number of esters is 1. The number of nitrogens with one attached hydrogen (secondary N) is 1. The topological polar surface area (TPSA) is 92.8 Å². The molecule has 1 heterocycles. The zero-order valence-corrected chi connectivity index (χ0v) is 16.1. The van der Waals surface area contributed by atoms with Crippen LogP contribution in [0.2, 0.25) is 0 Å². The van der Waals surface area contributed by atoms with Gasteiger partial charge in [0.2, 0.25) is 0 Å². The number of imide groups is 1. The van der Waals surface area contributed by atoms with Gasteiger partial charge in [-0.15, -0.1) is 0 Å². The van der Waals surface area contributed by atoms with Gasteiger partial charge < -0.3 is 10.1 Å². The fraction of sp³-hybridized carbons (Fsp3) is 0.273. The minimum absolute atomic E-state index is 0.00885. The third kappa shape index (κ3) is 4.87. The van der Waals surface area contributed by atoms with E-state index in [0.717, 1.165) is 10.5 Å². The molecule has 2 aromatic carbocycles. The lowest BCUT2D eigenvalue weighted by molar-refractivity contribution is -0.148. The monoisotopic (exact) mass is 394 g/mol. The Morgan fingerprint density at radius 1 is 0.966 bits per heavy atom. The van der Waals surface area contributed by atoms with E-state index in [1.54, 1.807) is 24.3 Å². The van der Waals surface area contributed by atoms with Crippen LogP contribution in [0.4, 0.5) is 0 Å². The first-order valence-electron chi connectivity index (χ1n) is 9.42. The van der Waals surface area contributed by atoms with Crippen molar-refractivity contribution in [2.45, 2.75) is 25.8 Å². The predicted molar refractivity (Wildman–Crippen MR) is 105 cm³/mol. The second-order valence-electron chi connectivity index (χ2n) is 6.77. The first kappa shape index (κ1) is 20.3. The van der Waals surface area contributed by atoms with E-state index < -0.39 is 11.9 Å². The molecule has 0 bridgehead atoms. The van der Waals surface area contributed by atoms with E-state index in [9.17, 15) is 19.2 Å². The quantitative estimate of drug-likeness (QED) is 0.548. The standard InChI is InChI=1S/C22H22N2O5/c1-15(16-8-3-2-4-9-16)23-19(25)14-29-20(26)12-7-13-24-21(27)17-10-5-6-11-18(17)22(24)28/h2-6,8-11,15H,7,12-14H2,1H3,(H,23,25)/t15-/m1/s1. The van der Waals surface area contributed by atoms with Crippen molar-refractivity contribution in [3.05, 3.63) is 71.3 Å². The van der Waals surface area contributed by atoms with Gasteiger partial charge in [0, 0.05) is 13.0 Å². The summed E-state index contributed by atoms with van der Waals surface area (Å²) in [6, 6.07) is 15.9. The van der Waals surface area contributed by atoms with Crippen molar-refractivity contribution in [3.8, 4) is 0 Å². The van der Waals surface area contributed by atoms with Crippen LogP contribution in [0.1, 0.15) is 52.1 Å². The van der Waals surface area contributed by atoms with E-state index in [1.165, 1.54) is 0 Å². The molecule has 1 aliphatic heterocycles. The summed E-state index contributed by atoms with van der Waals surface area (Å²) >= 11 is 0. The molecule has 0 saturated carbocycles. The second-order valence-corrected chi connectivity index (χ2v) is 6.77. The maximum absolute atomic E-state index is 12.3. The van der Waals surface area contributed by atoms with Gasteiger partial charge in [-0.2, -0.15) is 0 Å². The van der Waals surface area contributed by atoms with E-state index in [4.69, 9.17) is 4.74 Å². The van der Waals surface area contributed by atoms with Crippen molar-refractivity contribution in [3.63, 3.8) is 0 Å². The van der Waals surface area contributed by atoms with E-state index in [1.807, 2.05) is 37.3 Å². The third-order valence-electron chi connectivity index (χ3n) is 4.68. The van der Waals surface area contributed by atoms with Crippen molar-refractivity contribution in [1.82, 2.24) is 10.2 Å². The van der Waals surface area contributed by atoms with Crippen molar-refractivity contribution < 1.29 is 23.9 Å². The Balaban J connectivity index is 1.38. The fourth-order valence-corrected chi connectivity index (χ4v) is 3.15. The molecular formula is C22H22N2O5. The zero-order valence-electron chi connectivity index (χ0n) is 16.1. The lowest BCUT2D eigenvalue weighted by Gasteiger charge is -2.15. The van der Waals surface area contributed by atoms with E-state index >= 15 is 0 Å². The van der Waals surface area contributed by atoms with E-state index in [2.05, 4.69) is 5.32 Å². The van der Waals surface area contributed by atoms with Gasteiger partial charge in [0.25, 0.3) is 17.7 Å². The molecule has 0 fully saturated rings. The number of amides is 3. The maximum Gasteiger partial charge on any atom is 0.306 e. The van der Waals surface area contributed by atoms with E-state index in [-0.39, 0.29) is 43.8 Å². The smallest absolute Gasteiger partial charge is 0.306 e. The van der Waals surface area contributed by atoms with Crippen LogP contribution in [0.5, 0.6) is 0 Å². The van der Waals surface area contributed by atoms with Crippen molar-refractivity contribution in [2.75, 3.05) is 13.2 Å². The van der Waals surface area contributed by atoms with Gasteiger partial charge in [-0.25, -0.2) is 0 Å². The van der Waals surface area contributed by atoms with Gasteiger partial charge in [0.15, 0.2) is 6.61 Å². The number of ether oxygens (including phenoxy) is 1. The minimum Gasteiger partial charge on any atom is -0.456 e. The van der Waals surface area contributed by atoms with E-state index in [0.29, 0.717) is 11.1 Å². The zero-order chi connectivity index (χ0) is 20.8. The van der Waals surface area contributed by atoms with Crippen LogP contribution in [0.25, 0.3) is 0 Å². The Kier molecular flexibility index (Phi) is 6.39. The Morgan fingerprint density at radius 2 is 1.55 bits per heavy atom. The SMILES string of the molecule is C[C@@H](NC(=O)COC(=O)CCCN1C(=O)c2ccccc2C1=O)c1ccccc1. The highest BCUT2D eigenvalue weighted by Gasteiger charge is 2.34. The molecule has 1 N–H and O–H groups in total. The normalized spacial score (nSPS) is 13.8. The molecule has 0 saturated heterocycles. The molecule has 0 spiro atoms. The highest BCUT2D eigenvalue weighted by atomic mass is 16.5. The molecule has 0 aromatic heterocycles. The molecule has 1 aliphatic rings. The molecule has 3 rings (SSSR count). The molecule has 0 radical (unpaired) electrons. The van der Waals surface area contributed by atoms with Gasteiger partial charge in [0.05, 0.1) is 17.2 Å². The summed E-state index contributed by atoms with van der Waals surface area (Å²) in [6.07, 6.45) is 0.279. The second kappa shape index (κ2) is 9.14. The van der Waals surface area contributed by atoms with Gasteiger partial charge in [-0.05, 0) is 31.0 Å².